The Morgan fingerprint density at radius 3 is 1.18 bits per heavy atom. The number of allylic oxidation sites excluding steroid dienone is 2. The molecule has 8 heterocycles. The molecule has 0 bridgehead atoms. The van der Waals surface area contributed by atoms with Crippen molar-refractivity contribution in [1.29, 1.82) is 0 Å². The number of hydrogen-bond acceptors (Lipinski definition) is 8. The predicted molar refractivity (Wildman–Crippen MR) is 321 cm³/mol. The number of benzene rings is 4. The molecule has 6 unspecified atom stereocenters. The molecule has 6 aliphatic rings. The van der Waals surface area contributed by atoms with Gasteiger partial charge in [-0.1, -0.05) is 34.3 Å². The van der Waals surface area contributed by atoms with E-state index in [2.05, 4.69) is 123 Å². The van der Waals surface area contributed by atoms with Crippen LogP contribution in [0.5, 0.6) is 23.0 Å². The van der Waals surface area contributed by atoms with Gasteiger partial charge < -0.3 is 84.9 Å². The second-order valence-electron chi connectivity index (χ2n) is 15.8. The number of imidazole rings is 2. The van der Waals surface area contributed by atoms with E-state index in [1.165, 1.54) is 50.5 Å². The first-order valence-corrected chi connectivity index (χ1v) is 28.1. The van der Waals surface area contributed by atoms with E-state index in [0.29, 0.717) is 52.2 Å². The van der Waals surface area contributed by atoms with E-state index in [-0.39, 0.29) is 125 Å². The Bertz CT molecular complexity index is 3050. The molecule has 2 N–H and O–H groups in total. The standard InChI is InChI=1S/C25H19N3O2P2.C23H21N3O2P2.2C2H4P.4CH3.4V.W/c1-3-31-22-9-16(10-26-22)14-5-17-12-30-21-8-15(19-11-27-25(28-19)32-4-2)6-18-13-29-20(7-14)23(17)24(18)21;1-29-20-7-14(8-24-20)12-3-15-10-28-19-6-13(17-9-25-23(26-17)30-2)4-16-11-27-18(5-12)21(15)22(16)19;2*1-2-3;;;;;;;;;/h1-8,10-11,31-32H,9,12-13H2,(H,27,28);3-6,8-9,29-30H,7,10-11H2,1-2H3,(H,25,26);2*1-2H,3H2;4*1H3;;;;;/q-2;;6*-1;4*+2;. The van der Waals surface area contributed by atoms with E-state index in [4.69, 9.17) is 32.1 Å². The largest absolute Gasteiger partial charge is 2.00 e. The van der Waals surface area contributed by atoms with Crippen LogP contribution in [-0.2, 0) is 122 Å². The van der Waals surface area contributed by atoms with Gasteiger partial charge in [0.25, 0.3) is 0 Å². The fraction of sp³-hybridized carbons (Fsp3) is 0.143. The number of hydrogen-bond donors (Lipinski definition) is 2. The van der Waals surface area contributed by atoms with E-state index in [1.54, 1.807) is 11.6 Å². The van der Waals surface area contributed by atoms with Gasteiger partial charge in [0.15, 0.2) is 0 Å². The third-order valence-electron chi connectivity index (χ3n) is 11.7. The van der Waals surface area contributed by atoms with Crippen molar-refractivity contribution in [3.8, 4) is 67.8 Å². The predicted octanol–water partition coefficient (Wildman–Crippen LogP) is 13.9. The molecule has 77 heavy (non-hydrogen) atoms. The molecule has 0 saturated carbocycles. The SMILES string of the molecule is CPC1=NC=C(c2cc3c4c(c2)OCc2cc(-c5cnc(PC)[nH]5)cc(c2-4)OC3)C1.[CH-]=CP.[CH-]=CP.[CH-]=CPC1=NC=C(c2cc3c4c(c2)OCc2cc(-c5cnc(PC=[CH-])[nH]5)cc(c2-4)OC3)C1.[CH3-].[CH3-].[CH3-].[CH3-].[V+2].[V+2].[V+2].[V+2].[W]. The fourth-order valence-electron chi connectivity index (χ4n) is 8.80. The Morgan fingerprint density at radius 1 is 0.494 bits per heavy atom. The molecule has 6 aliphatic heterocycles. The molecule has 6 aromatic rings. The molecule has 0 aliphatic carbocycles. The van der Waals surface area contributed by atoms with Gasteiger partial charge in [-0.2, -0.15) is 18.5 Å². The topological polar surface area (TPSA) is 119 Å². The molecule has 10 nitrogen and oxygen atoms in total. The summed E-state index contributed by atoms with van der Waals surface area (Å²) < 4.78 is 25.0. The minimum atomic E-state index is 0. The molecule has 4 radical (unpaired) electrons. The molecule has 2 aromatic heterocycles. The van der Waals surface area contributed by atoms with E-state index in [0.717, 1.165) is 117 Å². The minimum Gasteiger partial charge on any atom is -0.514 e. The van der Waals surface area contributed by atoms with Crippen LogP contribution in [0.15, 0.2) is 107 Å². The summed E-state index contributed by atoms with van der Waals surface area (Å²) in [6.45, 7) is 26.9. The van der Waals surface area contributed by atoms with Crippen molar-refractivity contribution in [2.24, 2.45) is 9.98 Å². The monoisotopic (exact) mass is 1450 g/mol. The van der Waals surface area contributed by atoms with Gasteiger partial charge in [0.1, 0.15) is 60.6 Å². The number of H-pyrrole nitrogens is 2. The van der Waals surface area contributed by atoms with Crippen LogP contribution in [0.4, 0.5) is 0 Å². The molecule has 12 rings (SSSR count). The Morgan fingerprint density at radius 2 is 0.831 bits per heavy atom. The summed E-state index contributed by atoms with van der Waals surface area (Å²) in [4.78, 5) is 24.7. The Labute approximate surface area is 531 Å². The van der Waals surface area contributed by atoms with Crippen molar-refractivity contribution in [2.75, 3.05) is 13.3 Å². The van der Waals surface area contributed by atoms with Crippen LogP contribution in [-0.4, -0.2) is 44.2 Å². The van der Waals surface area contributed by atoms with Gasteiger partial charge in [-0.15, -0.1) is 0 Å². The summed E-state index contributed by atoms with van der Waals surface area (Å²) in [6, 6.07) is 17.3. The summed E-state index contributed by atoms with van der Waals surface area (Å²) >= 11 is 0. The number of nitrogens with zero attached hydrogens (tertiary/aromatic N) is 4. The molecule has 21 heteroatoms. The van der Waals surface area contributed by atoms with Crippen LogP contribution in [0, 0.1) is 56.0 Å². The van der Waals surface area contributed by atoms with Crippen molar-refractivity contribution in [3.05, 3.63) is 186 Å². The molecule has 0 spiro atoms. The van der Waals surface area contributed by atoms with Crippen LogP contribution in [0.2, 0.25) is 0 Å². The smallest absolute Gasteiger partial charge is 0.514 e. The van der Waals surface area contributed by atoms with Gasteiger partial charge in [0.2, 0.25) is 0 Å². The molecule has 394 valence electrons. The maximum atomic E-state index is 6.25. The number of nitrogens with one attached hydrogen (secondary N) is 2. The Kier molecular flexibility index (Phi) is 34.0. The zero-order valence-corrected chi connectivity index (χ0v) is 58.4. The third-order valence-corrected chi connectivity index (χ3v) is 14.9. The summed E-state index contributed by atoms with van der Waals surface area (Å²) in [5, 5.41) is 0. The van der Waals surface area contributed by atoms with Crippen LogP contribution >= 0.6 is 52.8 Å². The third kappa shape index (κ3) is 16.6. The Balaban J connectivity index is 0.00000123. The quantitative estimate of drug-likeness (QED) is 0.104. The van der Waals surface area contributed by atoms with Crippen LogP contribution in [0.3, 0.4) is 0 Å². The number of rotatable bonds is 10. The number of ether oxygens (including phenoxy) is 4. The van der Waals surface area contributed by atoms with Crippen LogP contribution in [0.1, 0.15) is 46.2 Å². The summed E-state index contributed by atoms with van der Waals surface area (Å²) in [6.07, 6.45) is 9.46. The van der Waals surface area contributed by atoms with E-state index in [1.807, 2.05) is 24.8 Å². The summed E-state index contributed by atoms with van der Waals surface area (Å²) in [7, 11) is 6.67. The van der Waals surface area contributed by atoms with Gasteiger partial charge in [-0.05, 0) is 84.1 Å². The van der Waals surface area contributed by atoms with E-state index >= 15 is 0 Å². The van der Waals surface area contributed by atoms with Crippen molar-refractivity contribution < 1.29 is 114 Å². The number of aliphatic imine (C=N–C) groups is 2. The van der Waals surface area contributed by atoms with Gasteiger partial charge in [-0.3, -0.25) is 21.6 Å². The number of aromatic nitrogens is 4. The molecule has 4 aromatic carbocycles. The molecular formula is C56H60N6O4P6V4W. The van der Waals surface area contributed by atoms with Crippen molar-refractivity contribution in [1.82, 2.24) is 19.9 Å². The van der Waals surface area contributed by atoms with Crippen molar-refractivity contribution in [3.63, 3.8) is 0 Å². The summed E-state index contributed by atoms with van der Waals surface area (Å²) in [5.41, 5.74) is 22.4. The van der Waals surface area contributed by atoms with Crippen LogP contribution < -0.4 is 30.1 Å². The second kappa shape index (κ2) is 35.0. The molecule has 0 fully saturated rings. The zero-order chi connectivity index (χ0) is 47.3. The Hall–Kier alpha value is -2.11. The maximum absolute atomic E-state index is 6.25. The van der Waals surface area contributed by atoms with E-state index < -0.39 is 0 Å². The molecular weight excluding hydrogens is 1390 g/mol. The van der Waals surface area contributed by atoms with E-state index in [9.17, 15) is 0 Å². The average Bonchev–Trinajstić information content (AvgIpc) is 4.22. The zero-order valence-electron chi connectivity index (χ0n) is 43.6. The second-order valence-corrected chi connectivity index (χ2v) is 20.9. The molecule has 0 amide bonds. The van der Waals surface area contributed by atoms with Gasteiger partial charge in [0, 0.05) is 113 Å². The first-order valence-electron chi connectivity index (χ1n) is 21.6. The van der Waals surface area contributed by atoms with Crippen molar-refractivity contribution >= 4 is 86.0 Å². The van der Waals surface area contributed by atoms with Gasteiger partial charge >= 0.3 is 74.2 Å². The summed E-state index contributed by atoms with van der Waals surface area (Å²) in [5.74, 6) is 9.81. The number of aromatic amines is 2. The van der Waals surface area contributed by atoms with Crippen LogP contribution in [0.25, 0.3) is 55.9 Å². The minimum absolute atomic E-state index is 0. The molecule has 6 atom stereocenters. The first-order chi connectivity index (χ1) is 33.3. The van der Waals surface area contributed by atoms with Gasteiger partial charge in [0.05, 0.1) is 23.8 Å². The first kappa shape index (κ1) is 74.9. The normalized spacial score (nSPS) is 13.5. The van der Waals surface area contributed by atoms with Gasteiger partial charge in [-0.25, -0.2) is 21.6 Å². The van der Waals surface area contributed by atoms with Crippen molar-refractivity contribution in [2.45, 2.75) is 39.3 Å². The fourth-order valence-corrected chi connectivity index (χ4v) is 10.9. The molecule has 0 saturated heterocycles. The maximum Gasteiger partial charge on any atom is 2.00 e. The average molecular weight is 1450 g/mol.